The molecule has 12 aromatic rings. The van der Waals surface area contributed by atoms with Gasteiger partial charge < -0.3 is 109 Å². The molecule has 4 saturated carbocycles. The summed E-state index contributed by atoms with van der Waals surface area (Å²) in [5, 5.41) is 54.0. The third-order valence-electron chi connectivity index (χ3n) is 21.9. The number of nitrogens with zero attached hydrogens (tertiary/aromatic N) is 12. The normalized spacial score (nSPS) is 17.7. The van der Waals surface area contributed by atoms with Gasteiger partial charge in [-0.25, -0.2) is 19.9 Å². The van der Waals surface area contributed by atoms with E-state index >= 15 is 0 Å². The maximum atomic E-state index is 12.6. The van der Waals surface area contributed by atoms with Crippen LogP contribution in [0.1, 0.15) is 168 Å². The van der Waals surface area contributed by atoms with E-state index in [1.54, 1.807) is 89.1 Å². The molecule has 0 saturated heterocycles. The van der Waals surface area contributed by atoms with E-state index in [0.717, 1.165) is 92.1 Å². The van der Waals surface area contributed by atoms with Crippen LogP contribution in [0.25, 0.3) is 43.6 Å². The number of carbonyl (C=O) groups excluding carboxylic acids is 6. The first-order chi connectivity index (χ1) is 55.4. The number of amides is 4. The van der Waals surface area contributed by atoms with Crippen LogP contribution in [-0.2, 0) is 19.1 Å². The Kier molecular flexibility index (Phi) is 34.3. The summed E-state index contributed by atoms with van der Waals surface area (Å²) in [6.45, 7) is 14.8. The number of ether oxygens (including phenoxy) is 6. The van der Waals surface area contributed by atoms with Crippen molar-refractivity contribution in [2.45, 2.75) is 142 Å². The number of aryl methyl sites for hydroxylation is 4. The Balaban J connectivity index is 0.000000220. The predicted octanol–water partition coefficient (Wildman–Crippen LogP) is 7.84. The number of methoxy groups -OCH3 is 6. The molecular weight excluding hydrogens is 1710 g/mol. The third-order valence-corrected chi connectivity index (χ3v) is 21.9. The van der Waals surface area contributed by atoms with E-state index in [1.807, 2.05) is 160 Å². The molecule has 4 fully saturated rings. The van der Waals surface area contributed by atoms with Gasteiger partial charge in [0.15, 0.2) is 0 Å². The molecule has 4 aliphatic carbocycles. The summed E-state index contributed by atoms with van der Waals surface area (Å²) in [6.07, 6.45) is 14.3. The number of carbonyl (C=O) groups is 6. The minimum absolute atomic E-state index is 0. The van der Waals surface area contributed by atoms with Crippen molar-refractivity contribution in [1.29, 1.82) is 0 Å². The van der Waals surface area contributed by atoms with Gasteiger partial charge in [-0.05, 0) is 191 Å². The Bertz CT molecular complexity index is 5360. The van der Waals surface area contributed by atoms with Gasteiger partial charge in [-0.3, -0.25) is 47.5 Å². The fraction of sp³-hybridized carbons (Fsp3) is 0.364. The molecule has 6 N–H and O–H groups in total. The van der Waals surface area contributed by atoms with E-state index in [9.17, 15) is 39.0 Å². The van der Waals surface area contributed by atoms with Crippen LogP contribution in [0, 0.1) is 66.2 Å². The second kappa shape index (κ2) is 42.3. The number of anilines is 4. The van der Waals surface area contributed by atoms with Crippen molar-refractivity contribution >= 4 is 148 Å². The van der Waals surface area contributed by atoms with Crippen molar-refractivity contribution in [3.05, 3.63) is 207 Å². The first-order valence-electron chi connectivity index (χ1n) is 38.3. The molecule has 4 aromatic carbocycles. The molecule has 0 unspecified atom stereocenters. The van der Waals surface area contributed by atoms with Crippen molar-refractivity contribution in [3.8, 4) is 23.0 Å². The van der Waals surface area contributed by atoms with Gasteiger partial charge in [-0.1, -0.05) is 24.3 Å². The van der Waals surface area contributed by atoms with Gasteiger partial charge in [0.1, 0.15) is 45.8 Å². The Morgan fingerprint density at radius 2 is 0.574 bits per heavy atom. The summed E-state index contributed by atoms with van der Waals surface area (Å²) < 4.78 is 39.1. The number of fused-ring (bicyclic) bond motifs is 4. The molecule has 636 valence electrons. The van der Waals surface area contributed by atoms with Crippen LogP contribution in [-0.4, -0.2) is 205 Å². The largest absolute Gasteiger partial charge is 2.00 e. The summed E-state index contributed by atoms with van der Waals surface area (Å²) in [5.41, 5.74) is 8.57. The molecule has 4 amide bonds. The number of benzene rings is 4. The second-order valence-corrected chi connectivity index (χ2v) is 31.0. The summed E-state index contributed by atoms with van der Waals surface area (Å²) in [4.78, 5) is 90.6. The number of nitrogens with one attached hydrogen (secondary N) is 4. The zero-order valence-electron chi connectivity index (χ0n) is 71.5. The van der Waals surface area contributed by atoms with Gasteiger partial charge in [0.25, 0.3) is 23.6 Å². The van der Waals surface area contributed by atoms with Gasteiger partial charge in [0.2, 0.25) is 0 Å². The monoisotopic (exact) mass is 1810 g/mol. The van der Waals surface area contributed by atoms with Crippen molar-refractivity contribution in [3.63, 3.8) is 0 Å². The van der Waals surface area contributed by atoms with Crippen molar-refractivity contribution in [1.82, 2.24) is 59.1 Å². The predicted molar refractivity (Wildman–Crippen MR) is 461 cm³/mol. The number of pyridine rings is 4. The minimum Gasteiger partial charge on any atom is -1.00 e. The third kappa shape index (κ3) is 23.0. The van der Waals surface area contributed by atoms with Crippen molar-refractivity contribution in [2.75, 3.05) is 63.9 Å². The van der Waals surface area contributed by atoms with Gasteiger partial charge in [-0.2, -0.15) is 20.4 Å². The van der Waals surface area contributed by atoms with Gasteiger partial charge >= 0.3 is 58.0 Å². The van der Waals surface area contributed by atoms with E-state index in [4.69, 9.17) is 28.4 Å². The number of hydrogen-bond donors (Lipinski definition) is 6. The molecule has 30 nitrogen and oxygen atoms in total. The molecule has 8 aromatic heterocycles. The van der Waals surface area contributed by atoms with Crippen molar-refractivity contribution < 1.29 is 101 Å². The standard InChI is InChI=1S/2C22H26N4O3.2C21H22N4O4.2CH3.2BrH.2Mg/c2*1-13-6-5-7-17(23-13)21(27)24-19-8-14-12-26(25-18(14)11-20(19)29-4)16-9-15(10-16)22(2,3)28;2*1-12-5-4-6-16(22-12)20(26)23-18-9-14-11-25(24-17(14)10-19(18)28-2)15-7-13(8-15)21(27)29-3;;;;;;/h2*5-8,11-12,15-16,28H,9-10H2,1-4H3,(H,24,27);2*4-6,9-11,13,15H,7-8H2,1-3H3,(H,23,26);2*1H3;2*1H;;/q;;;;2*-1;;;2*+2/p-2. The smallest absolute Gasteiger partial charge is 1.00 e. The molecule has 16 rings (SSSR count). The van der Waals surface area contributed by atoms with Crippen LogP contribution < -0.4 is 74.2 Å². The number of halogens is 2. The zero-order valence-corrected chi connectivity index (χ0v) is 77.5. The van der Waals surface area contributed by atoms with Crippen LogP contribution in [0.5, 0.6) is 23.0 Å². The molecule has 0 bridgehead atoms. The van der Waals surface area contributed by atoms with Crippen LogP contribution >= 0.6 is 0 Å². The maximum absolute atomic E-state index is 12.6. The summed E-state index contributed by atoms with van der Waals surface area (Å²) in [7, 11) is 9.05. The summed E-state index contributed by atoms with van der Waals surface area (Å²) >= 11 is 0. The zero-order chi connectivity index (χ0) is 82.6. The summed E-state index contributed by atoms with van der Waals surface area (Å²) in [6, 6.07) is 36.8. The quantitative estimate of drug-likeness (QED) is 0.0240. The van der Waals surface area contributed by atoms with Gasteiger partial charge in [-0.15, -0.1) is 0 Å². The average molecular weight is 1820 g/mol. The number of rotatable bonds is 20. The number of aliphatic hydroxyl groups is 2. The number of hydrogen-bond acceptors (Lipinski definition) is 22. The molecule has 0 atom stereocenters. The van der Waals surface area contributed by atoms with Gasteiger partial charge in [0.05, 0.1) is 135 Å². The van der Waals surface area contributed by atoms with E-state index in [2.05, 4.69) is 61.6 Å². The maximum Gasteiger partial charge on any atom is 2.00 e. The van der Waals surface area contributed by atoms with E-state index in [0.29, 0.717) is 94.2 Å². The fourth-order valence-corrected chi connectivity index (χ4v) is 14.6. The fourth-order valence-electron chi connectivity index (χ4n) is 14.6. The van der Waals surface area contributed by atoms with E-state index in [1.165, 1.54) is 14.2 Å². The molecule has 34 heteroatoms. The molecule has 8 heterocycles. The Morgan fingerprint density at radius 3 is 0.762 bits per heavy atom. The molecule has 0 spiro atoms. The Labute approximate surface area is 761 Å². The first-order valence-corrected chi connectivity index (χ1v) is 38.3. The Morgan fingerprint density at radius 1 is 0.361 bits per heavy atom. The molecule has 4 aliphatic rings. The second-order valence-electron chi connectivity index (χ2n) is 31.0. The van der Waals surface area contributed by atoms with E-state index in [-0.39, 0.29) is 178 Å². The van der Waals surface area contributed by atoms with Gasteiger partial charge in [0, 0.05) is 93.4 Å². The topological polar surface area (TPSA) is 369 Å². The van der Waals surface area contributed by atoms with Crippen LogP contribution in [0.15, 0.2) is 146 Å². The van der Waals surface area contributed by atoms with Crippen LogP contribution in [0.4, 0.5) is 22.7 Å². The van der Waals surface area contributed by atoms with Crippen LogP contribution in [0.2, 0.25) is 0 Å². The molecular formula is C88H102Br2Mg2N16O14. The first kappa shape index (κ1) is 98.9. The van der Waals surface area contributed by atoms with Crippen molar-refractivity contribution in [2.24, 2.45) is 23.7 Å². The minimum atomic E-state index is -0.659. The SMILES string of the molecule is COC(=O)C1CC(n2cc3cc(NC(=O)c4cccc(C)n4)c(OC)cc3n2)C1.COC(=O)C1CC(n2cc3cc(NC(=O)c4cccc(C)n4)c(OC)cc3n2)C1.COc1cc2nn(C3CC(C(C)(C)O)C3)cc2cc1NC(=O)c1cccc(C)n1.COc1cc2nn(C3CC(C(C)(C)O)C3)cc2cc1NC(=O)c1cccc(C)n1.[Br-].[Br-].[CH3-].[CH3-].[Mg+2].[Mg+2]. The number of esters is 2. The van der Waals surface area contributed by atoms with E-state index < -0.39 is 11.2 Å². The van der Waals surface area contributed by atoms with Crippen LogP contribution in [0.3, 0.4) is 0 Å². The molecule has 0 aliphatic heterocycles. The molecule has 0 radical (unpaired) electrons. The summed E-state index contributed by atoms with van der Waals surface area (Å²) in [5.74, 6) is 1.04. The Hall–Kier alpha value is -10.2. The average Bonchev–Trinajstić information content (AvgIpc) is 1.66. The molecule has 122 heavy (non-hydrogen) atoms. The number of aromatic nitrogens is 12.